The number of benzene rings is 1. The normalized spacial score (nSPS) is 13.8. The van der Waals surface area contributed by atoms with Gasteiger partial charge in [0.05, 0.1) is 10.6 Å². The van der Waals surface area contributed by atoms with E-state index >= 15 is 0 Å². The molecule has 1 aliphatic heterocycles. The van der Waals surface area contributed by atoms with E-state index in [2.05, 4.69) is 10.6 Å². The quantitative estimate of drug-likeness (QED) is 0.619. The average molecular weight is 235 g/mol. The number of carbonyl (C=O) groups is 1. The molecule has 1 aliphatic rings. The average Bonchev–Trinajstić information content (AvgIpc) is 2.28. The fraction of sp³-hybridized carbons (Fsp3) is 0.364. The minimum Gasteiger partial charge on any atom is -0.380 e. The molecule has 0 saturated heterocycles. The predicted octanol–water partition coefficient (Wildman–Crippen LogP) is 1.91. The summed E-state index contributed by atoms with van der Waals surface area (Å²) in [5.41, 5.74) is 1.99. The van der Waals surface area contributed by atoms with E-state index in [0.717, 1.165) is 5.56 Å². The summed E-state index contributed by atoms with van der Waals surface area (Å²) in [5, 5.41) is 16.5. The van der Waals surface area contributed by atoms with Gasteiger partial charge in [0.1, 0.15) is 5.69 Å². The molecule has 6 nitrogen and oxygen atoms in total. The lowest BCUT2D eigenvalue weighted by Gasteiger charge is -2.18. The van der Waals surface area contributed by atoms with Gasteiger partial charge in [-0.15, -0.1) is 0 Å². The Labute approximate surface area is 98.2 Å². The number of nitro groups is 1. The van der Waals surface area contributed by atoms with E-state index in [1.54, 1.807) is 6.07 Å². The number of hydrogen-bond acceptors (Lipinski definition) is 4. The lowest BCUT2D eigenvalue weighted by atomic mass is 10.0. The molecule has 0 spiro atoms. The molecular weight excluding hydrogens is 222 g/mol. The smallest absolute Gasteiger partial charge is 0.294 e. The number of aryl methyl sites for hydroxylation is 1. The molecule has 17 heavy (non-hydrogen) atoms. The predicted molar refractivity (Wildman–Crippen MR) is 64.2 cm³/mol. The van der Waals surface area contributed by atoms with Crippen molar-refractivity contribution >= 4 is 23.0 Å². The largest absolute Gasteiger partial charge is 0.380 e. The van der Waals surface area contributed by atoms with Gasteiger partial charge >= 0.3 is 0 Å². The van der Waals surface area contributed by atoms with E-state index in [4.69, 9.17) is 0 Å². The standard InChI is InChI=1S/C11H13N3O3/c1-2-12-9-5-7-3-4-11(15)13-8(7)6-10(9)14(16)17/h5-6,12H,2-4H2,1H3,(H,13,15). The summed E-state index contributed by atoms with van der Waals surface area (Å²) in [5.74, 6) is -0.0944. The SMILES string of the molecule is CCNc1cc2c(cc1[N+](=O)[O-])NC(=O)CC2. The summed E-state index contributed by atoms with van der Waals surface area (Å²) in [4.78, 5) is 21.7. The first-order chi connectivity index (χ1) is 8.11. The van der Waals surface area contributed by atoms with E-state index < -0.39 is 4.92 Å². The maximum Gasteiger partial charge on any atom is 0.294 e. The molecule has 6 heteroatoms. The van der Waals surface area contributed by atoms with Crippen molar-refractivity contribution in [3.05, 3.63) is 27.8 Å². The molecule has 0 saturated carbocycles. The molecule has 0 aliphatic carbocycles. The number of carbonyl (C=O) groups excluding carboxylic acids is 1. The van der Waals surface area contributed by atoms with Gasteiger partial charge in [-0.2, -0.15) is 0 Å². The fourth-order valence-electron chi connectivity index (χ4n) is 1.90. The van der Waals surface area contributed by atoms with Crippen molar-refractivity contribution in [1.82, 2.24) is 0 Å². The van der Waals surface area contributed by atoms with Gasteiger partial charge in [-0.1, -0.05) is 0 Å². The van der Waals surface area contributed by atoms with Crippen molar-refractivity contribution in [2.45, 2.75) is 19.8 Å². The number of anilines is 2. The summed E-state index contributed by atoms with van der Waals surface area (Å²) in [7, 11) is 0. The Morgan fingerprint density at radius 2 is 2.24 bits per heavy atom. The van der Waals surface area contributed by atoms with Crippen LogP contribution in [0.25, 0.3) is 0 Å². The molecule has 1 amide bonds. The maximum absolute atomic E-state index is 11.2. The Kier molecular flexibility index (Phi) is 2.95. The first-order valence-electron chi connectivity index (χ1n) is 5.47. The highest BCUT2D eigenvalue weighted by atomic mass is 16.6. The highest BCUT2D eigenvalue weighted by Gasteiger charge is 2.21. The minimum absolute atomic E-state index is 0.00667. The lowest BCUT2D eigenvalue weighted by Crippen LogP contribution is -2.19. The van der Waals surface area contributed by atoms with Crippen molar-refractivity contribution < 1.29 is 9.72 Å². The van der Waals surface area contributed by atoms with E-state index in [0.29, 0.717) is 30.8 Å². The van der Waals surface area contributed by atoms with Crippen LogP contribution in [0.15, 0.2) is 12.1 Å². The third-order valence-electron chi connectivity index (χ3n) is 2.68. The van der Waals surface area contributed by atoms with E-state index in [-0.39, 0.29) is 11.6 Å². The van der Waals surface area contributed by atoms with E-state index in [9.17, 15) is 14.9 Å². The molecular formula is C11H13N3O3. The Balaban J connectivity index is 2.47. The highest BCUT2D eigenvalue weighted by Crippen LogP contribution is 2.33. The second-order valence-corrected chi connectivity index (χ2v) is 3.86. The first-order valence-corrected chi connectivity index (χ1v) is 5.47. The van der Waals surface area contributed by atoms with Crippen LogP contribution in [0.1, 0.15) is 18.9 Å². The van der Waals surface area contributed by atoms with Crippen LogP contribution in [0.2, 0.25) is 0 Å². The molecule has 0 bridgehead atoms. The van der Waals surface area contributed by atoms with Gasteiger partial charge in [0.2, 0.25) is 5.91 Å². The zero-order chi connectivity index (χ0) is 12.4. The number of nitro benzene ring substituents is 1. The number of hydrogen-bond donors (Lipinski definition) is 2. The zero-order valence-electron chi connectivity index (χ0n) is 9.45. The maximum atomic E-state index is 11.2. The van der Waals surface area contributed by atoms with Crippen LogP contribution < -0.4 is 10.6 Å². The molecule has 0 unspecified atom stereocenters. The monoisotopic (exact) mass is 235 g/mol. The van der Waals surface area contributed by atoms with Crippen molar-refractivity contribution in [3.63, 3.8) is 0 Å². The molecule has 1 heterocycles. The van der Waals surface area contributed by atoms with Gasteiger partial charge in [0.15, 0.2) is 0 Å². The van der Waals surface area contributed by atoms with Crippen LogP contribution in [0.3, 0.4) is 0 Å². The van der Waals surface area contributed by atoms with E-state index in [1.807, 2.05) is 6.92 Å². The van der Waals surface area contributed by atoms with Gasteiger partial charge in [-0.3, -0.25) is 14.9 Å². The van der Waals surface area contributed by atoms with Crippen LogP contribution in [-0.4, -0.2) is 17.4 Å². The highest BCUT2D eigenvalue weighted by molar-refractivity contribution is 5.95. The number of nitrogens with one attached hydrogen (secondary N) is 2. The first kappa shape index (κ1) is 11.4. The summed E-state index contributed by atoms with van der Waals surface area (Å²) < 4.78 is 0. The molecule has 0 fully saturated rings. The van der Waals surface area contributed by atoms with Crippen molar-refractivity contribution in [2.75, 3.05) is 17.2 Å². The fourth-order valence-corrected chi connectivity index (χ4v) is 1.90. The molecule has 90 valence electrons. The topological polar surface area (TPSA) is 84.3 Å². The summed E-state index contributed by atoms with van der Waals surface area (Å²) >= 11 is 0. The van der Waals surface area contributed by atoms with Crippen LogP contribution in [0.5, 0.6) is 0 Å². The molecule has 0 radical (unpaired) electrons. The summed E-state index contributed by atoms with van der Waals surface area (Å²) in [6, 6.07) is 3.17. The number of fused-ring (bicyclic) bond motifs is 1. The Morgan fingerprint density at radius 1 is 1.47 bits per heavy atom. The summed E-state index contributed by atoms with van der Waals surface area (Å²) in [6.45, 7) is 2.50. The molecule has 0 aromatic heterocycles. The van der Waals surface area contributed by atoms with Crippen molar-refractivity contribution in [2.24, 2.45) is 0 Å². The number of nitrogens with zero attached hydrogens (tertiary/aromatic N) is 1. The minimum atomic E-state index is -0.445. The third-order valence-corrected chi connectivity index (χ3v) is 2.68. The molecule has 1 aromatic carbocycles. The Bertz CT molecular complexity index is 485. The second-order valence-electron chi connectivity index (χ2n) is 3.86. The Hall–Kier alpha value is -2.11. The Morgan fingerprint density at radius 3 is 2.88 bits per heavy atom. The van der Waals surface area contributed by atoms with Gasteiger partial charge in [0.25, 0.3) is 5.69 Å². The number of rotatable bonds is 3. The van der Waals surface area contributed by atoms with Gasteiger partial charge < -0.3 is 10.6 Å². The van der Waals surface area contributed by atoms with Gasteiger partial charge in [-0.25, -0.2) is 0 Å². The van der Waals surface area contributed by atoms with Crippen LogP contribution in [0.4, 0.5) is 17.1 Å². The van der Waals surface area contributed by atoms with Crippen LogP contribution >= 0.6 is 0 Å². The van der Waals surface area contributed by atoms with Gasteiger partial charge in [-0.05, 0) is 25.0 Å². The summed E-state index contributed by atoms with van der Waals surface area (Å²) in [6.07, 6.45) is 1.05. The molecule has 0 atom stereocenters. The van der Waals surface area contributed by atoms with Gasteiger partial charge in [0, 0.05) is 19.0 Å². The zero-order valence-corrected chi connectivity index (χ0v) is 9.45. The van der Waals surface area contributed by atoms with Crippen LogP contribution in [0, 0.1) is 10.1 Å². The molecule has 2 N–H and O–H groups in total. The van der Waals surface area contributed by atoms with Crippen LogP contribution in [-0.2, 0) is 11.2 Å². The van der Waals surface area contributed by atoms with Crippen molar-refractivity contribution in [3.8, 4) is 0 Å². The lowest BCUT2D eigenvalue weighted by molar-refractivity contribution is -0.383. The molecule has 1 aromatic rings. The second kappa shape index (κ2) is 4.40. The van der Waals surface area contributed by atoms with E-state index in [1.165, 1.54) is 6.07 Å². The van der Waals surface area contributed by atoms with Crippen molar-refractivity contribution in [1.29, 1.82) is 0 Å². The third kappa shape index (κ3) is 2.20. The molecule has 2 rings (SSSR count). The number of amides is 1.